The zero-order valence-corrected chi connectivity index (χ0v) is 16.6. The summed E-state index contributed by atoms with van der Waals surface area (Å²) in [6, 6.07) is 13.3. The zero-order chi connectivity index (χ0) is 20.2. The number of benzene rings is 2. The summed E-state index contributed by atoms with van der Waals surface area (Å²) in [6.07, 6.45) is 3.64. The largest absolute Gasteiger partial charge is 0.504 e. The zero-order valence-electron chi connectivity index (χ0n) is 16.6. The third kappa shape index (κ3) is 2.53. The maximum absolute atomic E-state index is 12.6. The molecule has 2 aromatic rings. The summed E-state index contributed by atoms with van der Waals surface area (Å²) in [5.74, 6) is 0.869. The molecule has 150 valence electrons. The molecule has 4 atom stereocenters. The van der Waals surface area contributed by atoms with Crippen molar-refractivity contribution in [2.45, 2.75) is 30.4 Å². The molecule has 0 aromatic heterocycles. The maximum Gasteiger partial charge on any atom is 0.251 e. The van der Waals surface area contributed by atoms with E-state index in [4.69, 9.17) is 4.74 Å². The van der Waals surface area contributed by atoms with Gasteiger partial charge in [0.15, 0.2) is 11.5 Å². The van der Waals surface area contributed by atoms with E-state index in [1.807, 2.05) is 24.3 Å². The molecule has 1 aliphatic carbocycles. The minimum absolute atomic E-state index is 0.110. The second-order valence-corrected chi connectivity index (χ2v) is 8.43. The number of nitrogens with one attached hydrogen (secondary N) is 1. The van der Waals surface area contributed by atoms with E-state index in [9.17, 15) is 9.90 Å². The van der Waals surface area contributed by atoms with E-state index in [0.29, 0.717) is 23.9 Å². The quantitative estimate of drug-likeness (QED) is 0.788. The van der Waals surface area contributed by atoms with Gasteiger partial charge in [-0.05, 0) is 50.2 Å². The van der Waals surface area contributed by atoms with Gasteiger partial charge in [0.1, 0.15) is 6.10 Å². The molecule has 1 saturated heterocycles. The molecule has 2 N–H and O–H groups in total. The molecule has 1 amide bonds. The van der Waals surface area contributed by atoms with E-state index in [1.165, 1.54) is 5.56 Å². The number of hydrogen-bond acceptors (Lipinski definition) is 4. The van der Waals surface area contributed by atoms with Crippen LogP contribution in [-0.4, -0.2) is 48.2 Å². The number of nitrogens with zero attached hydrogens (tertiary/aromatic N) is 1. The monoisotopic (exact) mass is 390 g/mol. The number of aromatic hydroxyl groups is 1. The Morgan fingerprint density at radius 1 is 1.34 bits per heavy atom. The van der Waals surface area contributed by atoms with Crippen LogP contribution in [0.15, 0.2) is 55.1 Å². The van der Waals surface area contributed by atoms with Crippen molar-refractivity contribution in [3.63, 3.8) is 0 Å². The number of carbonyl (C=O) groups is 1. The molecule has 1 fully saturated rings. The molecule has 2 heterocycles. The van der Waals surface area contributed by atoms with E-state index >= 15 is 0 Å². The van der Waals surface area contributed by atoms with Gasteiger partial charge in [-0.25, -0.2) is 0 Å². The molecule has 29 heavy (non-hydrogen) atoms. The first-order valence-electron chi connectivity index (χ1n) is 10.2. The molecule has 2 aromatic carbocycles. The number of likely N-dealkylation sites (tertiary alicyclic amines) is 1. The van der Waals surface area contributed by atoms with Crippen molar-refractivity contribution in [1.82, 2.24) is 10.2 Å². The summed E-state index contributed by atoms with van der Waals surface area (Å²) in [6.45, 7) is 5.50. The third-order valence-corrected chi connectivity index (χ3v) is 7.14. The smallest absolute Gasteiger partial charge is 0.251 e. The minimum atomic E-state index is -0.273. The summed E-state index contributed by atoms with van der Waals surface area (Å²) >= 11 is 0. The number of hydrogen-bond donors (Lipinski definition) is 2. The molecule has 5 nitrogen and oxygen atoms in total. The van der Waals surface area contributed by atoms with Crippen molar-refractivity contribution in [2.24, 2.45) is 5.92 Å². The Hall–Kier alpha value is -2.79. The molecule has 1 spiro atoms. The van der Waals surface area contributed by atoms with Gasteiger partial charge in [-0.1, -0.05) is 30.3 Å². The highest BCUT2D eigenvalue weighted by molar-refractivity contribution is 5.94. The summed E-state index contributed by atoms with van der Waals surface area (Å²) in [5, 5.41) is 13.6. The molecular weight excluding hydrogens is 364 g/mol. The molecule has 0 saturated carbocycles. The molecule has 5 rings (SSSR count). The molecule has 2 bridgehead atoms. The summed E-state index contributed by atoms with van der Waals surface area (Å²) < 4.78 is 6.36. The average Bonchev–Trinajstić information content (AvgIpc) is 3.08. The van der Waals surface area contributed by atoms with Crippen LogP contribution in [0.2, 0.25) is 0 Å². The number of carbonyl (C=O) groups excluding carboxylic acids is 1. The number of fused-ring (bicyclic) bond motifs is 1. The van der Waals surface area contributed by atoms with Crippen LogP contribution in [0.1, 0.15) is 27.9 Å². The Bertz CT molecular complexity index is 974. The summed E-state index contributed by atoms with van der Waals surface area (Å²) in [4.78, 5) is 15.1. The van der Waals surface area contributed by atoms with Crippen molar-refractivity contribution in [3.8, 4) is 11.5 Å². The lowest BCUT2D eigenvalue weighted by molar-refractivity contribution is 0.00782. The van der Waals surface area contributed by atoms with E-state index in [1.54, 1.807) is 18.2 Å². The maximum atomic E-state index is 12.6. The highest BCUT2D eigenvalue weighted by Crippen LogP contribution is 2.60. The number of ether oxygens (including phenoxy) is 1. The van der Waals surface area contributed by atoms with Crippen molar-refractivity contribution >= 4 is 5.91 Å². The fraction of sp³-hybridized carbons (Fsp3) is 0.375. The van der Waals surface area contributed by atoms with Gasteiger partial charge < -0.3 is 20.1 Å². The second-order valence-electron chi connectivity index (χ2n) is 8.43. The first-order chi connectivity index (χ1) is 14.1. The minimum Gasteiger partial charge on any atom is -0.504 e. The number of amides is 1. The highest BCUT2D eigenvalue weighted by Gasteiger charge is 2.61. The lowest BCUT2D eigenvalue weighted by Crippen LogP contribution is -2.63. The van der Waals surface area contributed by atoms with E-state index in [0.717, 1.165) is 24.9 Å². The van der Waals surface area contributed by atoms with Gasteiger partial charge in [0.25, 0.3) is 5.91 Å². The summed E-state index contributed by atoms with van der Waals surface area (Å²) in [5.41, 5.74) is 2.73. The van der Waals surface area contributed by atoms with Gasteiger partial charge in [-0.15, -0.1) is 6.58 Å². The fourth-order valence-corrected chi connectivity index (χ4v) is 5.78. The molecule has 4 unspecified atom stereocenters. The summed E-state index contributed by atoms with van der Waals surface area (Å²) in [7, 11) is 2.17. The average molecular weight is 390 g/mol. The van der Waals surface area contributed by atoms with E-state index < -0.39 is 0 Å². The number of piperidine rings is 1. The van der Waals surface area contributed by atoms with Gasteiger partial charge in [-0.3, -0.25) is 4.79 Å². The van der Waals surface area contributed by atoms with Crippen LogP contribution in [0.4, 0.5) is 0 Å². The van der Waals surface area contributed by atoms with Crippen molar-refractivity contribution in [2.75, 3.05) is 20.1 Å². The number of phenols is 1. The van der Waals surface area contributed by atoms with Gasteiger partial charge in [0.2, 0.25) is 0 Å². The highest BCUT2D eigenvalue weighted by atomic mass is 16.5. The van der Waals surface area contributed by atoms with Crippen LogP contribution in [0.25, 0.3) is 0 Å². The topological polar surface area (TPSA) is 61.8 Å². The van der Waals surface area contributed by atoms with E-state index in [-0.39, 0.29) is 29.1 Å². The van der Waals surface area contributed by atoms with Crippen LogP contribution in [0.5, 0.6) is 11.5 Å². The van der Waals surface area contributed by atoms with Crippen molar-refractivity contribution < 1.29 is 14.6 Å². The number of likely N-dealkylation sites (N-methyl/N-ethyl adjacent to an activating group) is 1. The van der Waals surface area contributed by atoms with Crippen molar-refractivity contribution in [1.29, 1.82) is 0 Å². The first kappa shape index (κ1) is 18.3. The van der Waals surface area contributed by atoms with Crippen LogP contribution in [-0.2, 0) is 11.8 Å². The molecular formula is C24H26N2O3. The first-order valence-corrected chi connectivity index (χ1v) is 10.2. The lowest BCUT2D eigenvalue weighted by Gasteiger charge is -2.54. The van der Waals surface area contributed by atoms with Gasteiger partial charge >= 0.3 is 0 Å². The van der Waals surface area contributed by atoms with Crippen LogP contribution >= 0.6 is 0 Å². The van der Waals surface area contributed by atoms with Crippen molar-refractivity contribution in [3.05, 3.63) is 71.8 Å². The Labute approximate surface area is 171 Å². The van der Waals surface area contributed by atoms with Crippen LogP contribution < -0.4 is 10.1 Å². The molecule has 5 heteroatoms. The number of rotatable bonds is 4. The fourth-order valence-electron chi connectivity index (χ4n) is 5.78. The predicted octanol–water partition coefficient (Wildman–Crippen LogP) is 2.88. The van der Waals surface area contributed by atoms with Crippen LogP contribution in [0.3, 0.4) is 0 Å². The lowest BCUT2D eigenvalue weighted by atomic mass is 9.55. The molecule has 2 aliphatic heterocycles. The predicted molar refractivity (Wildman–Crippen MR) is 111 cm³/mol. The van der Waals surface area contributed by atoms with E-state index in [2.05, 4.69) is 29.9 Å². The standard InChI is InChI=1S/C24H26N2O3/c1-3-17-18-13-16-9-10-19(27)22-21(16)24(17,11-12-26(18)2)20(29-22)14-25-23(28)15-7-5-4-6-8-15/h3-10,17-18,20,27H,1,11-14H2,2H3,(H,25,28). The normalized spacial score (nSPS) is 29.6. The molecule has 3 aliphatic rings. The number of phenolic OH excluding ortho intramolecular Hbond substituents is 1. The van der Waals surface area contributed by atoms with Gasteiger partial charge in [0, 0.05) is 28.5 Å². The van der Waals surface area contributed by atoms with Gasteiger partial charge in [0.05, 0.1) is 6.54 Å². The SMILES string of the molecule is C=CC1C2Cc3ccc(O)c4c3C1(CCN2C)C(CNC(=O)c1ccccc1)O4. The Morgan fingerprint density at radius 2 is 2.14 bits per heavy atom. The molecule has 0 radical (unpaired) electrons. The van der Waals surface area contributed by atoms with Gasteiger partial charge in [-0.2, -0.15) is 0 Å². The second kappa shape index (κ2) is 6.63. The third-order valence-electron chi connectivity index (χ3n) is 7.14. The Kier molecular flexibility index (Phi) is 4.17. The Balaban J connectivity index is 1.53. The Morgan fingerprint density at radius 3 is 2.90 bits per heavy atom. The van der Waals surface area contributed by atoms with Crippen LogP contribution in [0, 0.1) is 5.92 Å².